The Labute approximate surface area is 212 Å². The summed E-state index contributed by atoms with van der Waals surface area (Å²) in [4.78, 5) is 30.2. The van der Waals surface area contributed by atoms with Gasteiger partial charge in [-0.3, -0.25) is 9.59 Å². The summed E-state index contributed by atoms with van der Waals surface area (Å²) in [6.07, 6.45) is 2.24. The van der Waals surface area contributed by atoms with E-state index in [9.17, 15) is 19.8 Å². The molecule has 1 aromatic heterocycles. The maximum Gasteiger partial charge on any atom is 0.309 e. The Morgan fingerprint density at radius 2 is 1.91 bits per heavy atom. The third-order valence-corrected chi connectivity index (χ3v) is 7.99. The fourth-order valence-electron chi connectivity index (χ4n) is 4.86. The molecule has 2 fully saturated rings. The number of nitrogens with zero attached hydrogens (tertiary/aromatic N) is 1. The van der Waals surface area contributed by atoms with Gasteiger partial charge in [0, 0.05) is 19.3 Å². The van der Waals surface area contributed by atoms with Crippen LogP contribution in [0.1, 0.15) is 78.3 Å². The van der Waals surface area contributed by atoms with E-state index in [4.69, 9.17) is 25.5 Å². The van der Waals surface area contributed by atoms with Crippen LogP contribution in [0, 0.1) is 24.2 Å². The number of esters is 1. The van der Waals surface area contributed by atoms with Gasteiger partial charge in [0.1, 0.15) is 23.8 Å². The third-order valence-electron chi connectivity index (χ3n) is 7.64. The number of ether oxygens (including phenoxy) is 2. The lowest BCUT2D eigenvalue weighted by Gasteiger charge is -2.34. The van der Waals surface area contributed by atoms with E-state index in [2.05, 4.69) is 4.98 Å². The summed E-state index contributed by atoms with van der Waals surface area (Å²) < 4.78 is 16.9. The Morgan fingerprint density at radius 1 is 1.23 bits per heavy atom. The first-order chi connectivity index (χ1) is 16.2. The highest BCUT2D eigenvalue weighted by Gasteiger charge is 2.53. The highest BCUT2D eigenvalue weighted by atomic mass is 35.5. The topological polar surface area (TPSA) is 122 Å². The molecule has 2 saturated heterocycles. The summed E-state index contributed by atoms with van der Waals surface area (Å²) in [7, 11) is 0. The van der Waals surface area contributed by atoms with E-state index >= 15 is 0 Å². The number of rotatable bonds is 2. The number of oxazole rings is 1. The van der Waals surface area contributed by atoms with Crippen molar-refractivity contribution >= 4 is 29.4 Å². The lowest BCUT2D eigenvalue weighted by Crippen LogP contribution is -2.45. The van der Waals surface area contributed by atoms with Crippen LogP contribution >= 0.6 is 11.6 Å². The van der Waals surface area contributed by atoms with E-state index in [1.807, 2.05) is 13.8 Å². The van der Waals surface area contributed by atoms with Gasteiger partial charge < -0.3 is 24.1 Å². The molecule has 0 aromatic carbocycles. The molecule has 1 aromatic rings. The normalized spacial score (nSPS) is 37.5. The Balaban J connectivity index is 1.85. The van der Waals surface area contributed by atoms with E-state index in [0.29, 0.717) is 18.0 Å². The molecule has 0 radical (unpaired) electrons. The molecule has 0 aliphatic carbocycles. The van der Waals surface area contributed by atoms with E-state index in [1.54, 1.807) is 33.8 Å². The first kappa shape index (κ1) is 27.8. The molecule has 0 saturated carbocycles. The average Bonchev–Trinajstić information content (AvgIpc) is 3.22. The summed E-state index contributed by atoms with van der Waals surface area (Å²) in [6.45, 7) is 10.5. The standard InChI is InChI=1S/C26H38ClNO7/c1-14-8-7-9-26(6)21(35-26)11-19(18(27)10-17-13-33-16(3)28-17)34-22(30)12-20(29)25(4,5)24(32)15(2)23(14)31/h10,13-15,19-21,23,29,31H,7-9,11-12H2,1-6H3/t14-,15+,19-,20-,21?,23-,26?/m0/s1. The number of epoxide rings is 1. The molecule has 3 rings (SSSR count). The second-order valence-corrected chi connectivity index (χ2v) is 11.3. The molecule has 9 heteroatoms. The molecule has 7 atom stereocenters. The lowest BCUT2D eigenvalue weighted by molar-refractivity contribution is -0.154. The molecule has 2 aliphatic heterocycles. The van der Waals surface area contributed by atoms with Gasteiger partial charge in [-0.1, -0.05) is 45.7 Å². The van der Waals surface area contributed by atoms with Gasteiger partial charge in [0.15, 0.2) is 5.89 Å². The lowest BCUT2D eigenvalue weighted by atomic mass is 9.73. The molecule has 35 heavy (non-hydrogen) atoms. The fraction of sp³-hybridized carbons (Fsp3) is 0.731. The number of ketones is 1. The minimum absolute atomic E-state index is 0.100. The van der Waals surface area contributed by atoms with Crippen molar-refractivity contribution in [2.75, 3.05) is 0 Å². The van der Waals surface area contributed by atoms with Crippen molar-refractivity contribution in [1.29, 1.82) is 0 Å². The van der Waals surface area contributed by atoms with Gasteiger partial charge in [-0.05, 0) is 31.8 Å². The minimum atomic E-state index is -1.29. The molecule has 0 spiro atoms. The number of aliphatic hydroxyl groups is 2. The maximum atomic E-state index is 13.2. The van der Waals surface area contributed by atoms with Crippen LogP contribution in [0.5, 0.6) is 0 Å². The van der Waals surface area contributed by atoms with Gasteiger partial charge in [-0.25, -0.2) is 4.98 Å². The molecule has 2 N–H and O–H groups in total. The number of aromatic nitrogens is 1. The quantitative estimate of drug-likeness (QED) is 0.447. The van der Waals surface area contributed by atoms with Gasteiger partial charge >= 0.3 is 5.97 Å². The monoisotopic (exact) mass is 511 g/mol. The Morgan fingerprint density at radius 3 is 2.54 bits per heavy atom. The van der Waals surface area contributed by atoms with Crippen molar-refractivity contribution in [1.82, 2.24) is 4.98 Å². The molecule has 2 unspecified atom stereocenters. The zero-order valence-electron chi connectivity index (χ0n) is 21.4. The first-order valence-electron chi connectivity index (χ1n) is 12.3. The predicted molar refractivity (Wildman–Crippen MR) is 130 cm³/mol. The molecule has 0 amide bonds. The van der Waals surface area contributed by atoms with Gasteiger partial charge in [-0.2, -0.15) is 0 Å². The molecular weight excluding hydrogens is 474 g/mol. The number of cyclic esters (lactones) is 1. The second kappa shape index (κ2) is 10.7. The van der Waals surface area contributed by atoms with Crippen LogP contribution in [0.15, 0.2) is 15.7 Å². The van der Waals surface area contributed by atoms with Crippen LogP contribution in [-0.2, 0) is 19.1 Å². The number of aliphatic hydroxyl groups excluding tert-OH is 2. The molecular formula is C26H38ClNO7. The largest absolute Gasteiger partial charge is 0.456 e. The van der Waals surface area contributed by atoms with Crippen LogP contribution in [-0.4, -0.2) is 57.0 Å². The number of carbonyl (C=O) groups is 2. The highest BCUT2D eigenvalue weighted by Crippen LogP contribution is 2.45. The van der Waals surface area contributed by atoms with Crippen LogP contribution in [0.25, 0.3) is 6.08 Å². The van der Waals surface area contributed by atoms with Crippen molar-refractivity contribution in [3.63, 3.8) is 0 Å². The van der Waals surface area contributed by atoms with E-state index in [0.717, 1.165) is 19.3 Å². The maximum absolute atomic E-state index is 13.2. The van der Waals surface area contributed by atoms with Crippen LogP contribution in [0.2, 0.25) is 0 Å². The first-order valence-corrected chi connectivity index (χ1v) is 12.7. The molecule has 8 nitrogen and oxygen atoms in total. The molecule has 2 aliphatic rings. The SMILES string of the molecule is Cc1nc(C=C(Cl)[C@@H]2CC3OC3(C)CCC[C@H](C)[C@H](O)[C@@H](C)C(=O)C(C)(C)[C@@H](O)CC(=O)O2)co1. The number of hydrogen-bond donors (Lipinski definition) is 2. The summed E-state index contributed by atoms with van der Waals surface area (Å²) in [5, 5.41) is 21.9. The van der Waals surface area contributed by atoms with E-state index < -0.39 is 35.6 Å². The van der Waals surface area contributed by atoms with Crippen molar-refractivity contribution in [2.45, 2.75) is 104 Å². The highest BCUT2D eigenvalue weighted by molar-refractivity contribution is 6.32. The Bertz CT molecular complexity index is 957. The number of Topliss-reactive ketones (excluding diaryl/α,β-unsaturated/α-hetero) is 1. The molecule has 0 bridgehead atoms. The van der Waals surface area contributed by atoms with Crippen molar-refractivity contribution in [3.05, 3.63) is 22.9 Å². The smallest absolute Gasteiger partial charge is 0.309 e. The van der Waals surface area contributed by atoms with E-state index in [1.165, 1.54) is 6.26 Å². The van der Waals surface area contributed by atoms with E-state index in [-0.39, 0.29) is 34.9 Å². The number of hydrogen-bond acceptors (Lipinski definition) is 8. The average molecular weight is 512 g/mol. The summed E-state index contributed by atoms with van der Waals surface area (Å²) in [6, 6.07) is 0. The Hall–Kier alpha value is -1.74. The van der Waals surface area contributed by atoms with Gasteiger partial charge in [0.25, 0.3) is 0 Å². The molecule has 196 valence electrons. The van der Waals surface area contributed by atoms with Gasteiger partial charge in [0.2, 0.25) is 0 Å². The molecule has 3 heterocycles. The number of fused-ring (bicyclic) bond motifs is 1. The predicted octanol–water partition coefficient (Wildman–Crippen LogP) is 4.19. The third kappa shape index (κ3) is 6.53. The summed E-state index contributed by atoms with van der Waals surface area (Å²) >= 11 is 6.57. The van der Waals surface area contributed by atoms with Crippen LogP contribution < -0.4 is 0 Å². The number of aryl methyl sites for hydroxylation is 1. The zero-order chi connectivity index (χ0) is 26.1. The number of carbonyl (C=O) groups excluding carboxylic acids is 2. The fourth-order valence-corrected chi connectivity index (χ4v) is 5.11. The Kier molecular flexibility index (Phi) is 8.52. The van der Waals surface area contributed by atoms with Crippen molar-refractivity contribution in [2.24, 2.45) is 17.3 Å². The summed E-state index contributed by atoms with van der Waals surface area (Å²) in [5.74, 6) is -1.27. The van der Waals surface area contributed by atoms with Gasteiger partial charge in [-0.15, -0.1) is 0 Å². The minimum Gasteiger partial charge on any atom is -0.456 e. The summed E-state index contributed by atoms with van der Waals surface area (Å²) in [5.41, 5.74) is -1.12. The van der Waals surface area contributed by atoms with Crippen molar-refractivity contribution in [3.8, 4) is 0 Å². The second-order valence-electron chi connectivity index (χ2n) is 10.9. The zero-order valence-corrected chi connectivity index (χ0v) is 22.2. The number of halogens is 1. The van der Waals surface area contributed by atoms with Crippen LogP contribution in [0.3, 0.4) is 0 Å². The van der Waals surface area contributed by atoms with Gasteiger partial charge in [0.05, 0.1) is 40.8 Å². The van der Waals surface area contributed by atoms with Crippen LogP contribution in [0.4, 0.5) is 0 Å². The van der Waals surface area contributed by atoms with Crippen molar-refractivity contribution < 1.29 is 33.7 Å².